The van der Waals surface area contributed by atoms with Crippen molar-refractivity contribution in [2.75, 3.05) is 0 Å². The molecule has 2 heteroatoms. The Bertz CT molecular complexity index is 319. The maximum absolute atomic E-state index is 11.6. The molecule has 4 unspecified atom stereocenters. The Morgan fingerprint density at radius 3 is 2.56 bits per heavy atom. The number of fused-ring (bicyclic) bond motifs is 1. The highest BCUT2D eigenvalue weighted by molar-refractivity contribution is 5.87. The quantitative estimate of drug-likeness (QED) is 0.557. The van der Waals surface area contributed by atoms with E-state index in [4.69, 9.17) is 4.74 Å². The summed E-state index contributed by atoms with van der Waals surface area (Å²) >= 11 is 0. The molecule has 102 valence electrons. The molecular weight excluding hydrogens is 224 g/mol. The number of esters is 1. The molecule has 2 fully saturated rings. The van der Waals surface area contributed by atoms with Gasteiger partial charge in [-0.25, -0.2) is 4.79 Å². The second kappa shape index (κ2) is 5.90. The van der Waals surface area contributed by atoms with Crippen LogP contribution in [-0.4, -0.2) is 12.1 Å². The van der Waals surface area contributed by atoms with Crippen LogP contribution in [0, 0.1) is 17.8 Å². The van der Waals surface area contributed by atoms with E-state index in [0.29, 0.717) is 11.5 Å². The molecule has 0 heterocycles. The molecule has 0 amide bonds. The highest BCUT2D eigenvalue weighted by Crippen LogP contribution is 2.45. The average Bonchev–Trinajstić information content (AvgIpc) is 2.37. The van der Waals surface area contributed by atoms with Crippen molar-refractivity contribution in [2.45, 2.75) is 64.9 Å². The maximum Gasteiger partial charge on any atom is 0.333 e. The summed E-state index contributed by atoms with van der Waals surface area (Å²) in [6, 6.07) is 0. The summed E-state index contributed by atoms with van der Waals surface area (Å²) < 4.78 is 5.56. The van der Waals surface area contributed by atoms with Gasteiger partial charge < -0.3 is 4.74 Å². The van der Waals surface area contributed by atoms with Gasteiger partial charge in [-0.3, -0.25) is 0 Å². The Morgan fingerprint density at radius 1 is 1.17 bits per heavy atom. The molecule has 0 aromatic rings. The number of hydrogen-bond acceptors (Lipinski definition) is 2. The van der Waals surface area contributed by atoms with E-state index in [1.165, 1.54) is 44.9 Å². The van der Waals surface area contributed by atoms with Crippen LogP contribution >= 0.6 is 0 Å². The van der Waals surface area contributed by atoms with Crippen molar-refractivity contribution in [3.05, 3.63) is 12.2 Å². The summed E-state index contributed by atoms with van der Waals surface area (Å²) in [5.41, 5.74) is 0.512. The third-order valence-electron chi connectivity index (χ3n) is 4.87. The molecule has 2 aliphatic rings. The van der Waals surface area contributed by atoms with Gasteiger partial charge in [0.1, 0.15) is 6.10 Å². The predicted octanol–water partition coefficient (Wildman–Crippen LogP) is 4.10. The lowest BCUT2D eigenvalue weighted by molar-refractivity contribution is -0.148. The molecule has 2 rings (SSSR count). The van der Waals surface area contributed by atoms with E-state index in [1.54, 1.807) is 6.92 Å². The van der Waals surface area contributed by atoms with Gasteiger partial charge in [-0.1, -0.05) is 38.7 Å². The fourth-order valence-corrected chi connectivity index (χ4v) is 3.93. The first-order chi connectivity index (χ1) is 8.59. The topological polar surface area (TPSA) is 26.3 Å². The molecule has 2 saturated carbocycles. The molecule has 0 saturated heterocycles. The number of hydrogen-bond donors (Lipinski definition) is 0. The minimum absolute atomic E-state index is 0.0556. The Hall–Kier alpha value is -0.790. The van der Waals surface area contributed by atoms with Gasteiger partial charge in [0, 0.05) is 5.57 Å². The third-order valence-corrected chi connectivity index (χ3v) is 4.87. The van der Waals surface area contributed by atoms with Gasteiger partial charge in [0.2, 0.25) is 0 Å². The summed E-state index contributed by atoms with van der Waals surface area (Å²) in [7, 11) is 0. The van der Waals surface area contributed by atoms with Crippen LogP contribution in [0.1, 0.15) is 58.8 Å². The summed E-state index contributed by atoms with van der Waals surface area (Å²) in [5.74, 6) is 2.04. The first-order valence-corrected chi connectivity index (χ1v) is 7.46. The van der Waals surface area contributed by atoms with Gasteiger partial charge in [-0.2, -0.15) is 0 Å². The minimum Gasteiger partial charge on any atom is -0.459 e. The number of rotatable bonds is 3. The van der Waals surface area contributed by atoms with E-state index in [1.807, 2.05) is 0 Å². The maximum atomic E-state index is 11.6. The Balaban J connectivity index is 1.97. The fraction of sp³-hybridized carbons (Fsp3) is 0.812. The van der Waals surface area contributed by atoms with E-state index < -0.39 is 0 Å². The first-order valence-electron chi connectivity index (χ1n) is 7.46. The van der Waals surface area contributed by atoms with E-state index in [0.717, 1.165) is 11.8 Å². The molecule has 0 aliphatic heterocycles. The zero-order chi connectivity index (χ0) is 13.1. The van der Waals surface area contributed by atoms with Crippen LogP contribution in [0.5, 0.6) is 0 Å². The van der Waals surface area contributed by atoms with E-state index in [2.05, 4.69) is 13.5 Å². The highest BCUT2D eigenvalue weighted by atomic mass is 16.5. The normalized spacial score (nSPS) is 33.3. The van der Waals surface area contributed by atoms with E-state index in [-0.39, 0.29) is 12.1 Å². The van der Waals surface area contributed by atoms with Gasteiger partial charge in [0.05, 0.1) is 0 Å². The first kappa shape index (κ1) is 13.6. The van der Waals surface area contributed by atoms with Crippen LogP contribution in [0.4, 0.5) is 0 Å². The van der Waals surface area contributed by atoms with Crippen molar-refractivity contribution >= 4 is 5.97 Å². The molecule has 0 N–H and O–H groups in total. The SMILES string of the molecule is C=C(C)C(=O)OC(C)C1CCCC2CCCCC21. The fourth-order valence-electron chi connectivity index (χ4n) is 3.93. The van der Waals surface area contributed by atoms with E-state index >= 15 is 0 Å². The second-order valence-corrected chi connectivity index (χ2v) is 6.19. The molecule has 18 heavy (non-hydrogen) atoms. The summed E-state index contributed by atoms with van der Waals surface area (Å²) in [6.07, 6.45) is 9.47. The van der Waals surface area contributed by atoms with Crippen molar-refractivity contribution in [3.63, 3.8) is 0 Å². The largest absolute Gasteiger partial charge is 0.459 e. The van der Waals surface area contributed by atoms with E-state index in [9.17, 15) is 4.79 Å². The lowest BCUT2D eigenvalue weighted by atomic mass is 9.64. The smallest absolute Gasteiger partial charge is 0.333 e. The zero-order valence-corrected chi connectivity index (χ0v) is 11.8. The predicted molar refractivity (Wildman–Crippen MR) is 73.2 cm³/mol. The molecule has 2 nitrogen and oxygen atoms in total. The average molecular weight is 250 g/mol. The van der Waals surface area contributed by atoms with Crippen molar-refractivity contribution in [2.24, 2.45) is 17.8 Å². The van der Waals surface area contributed by atoms with Crippen molar-refractivity contribution in [1.29, 1.82) is 0 Å². The van der Waals surface area contributed by atoms with Crippen LogP contribution in [0.25, 0.3) is 0 Å². The Kier molecular flexibility index (Phi) is 4.47. The molecule has 0 spiro atoms. The van der Waals surface area contributed by atoms with Gasteiger partial charge in [-0.05, 0) is 44.4 Å². The van der Waals surface area contributed by atoms with Crippen LogP contribution in [0.2, 0.25) is 0 Å². The Labute approximate surface area is 111 Å². The monoisotopic (exact) mass is 250 g/mol. The molecule has 2 aliphatic carbocycles. The number of carbonyl (C=O) groups is 1. The third kappa shape index (κ3) is 2.96. The van der Waals surface area contributed by atoms with Gasteiger partial charge in [0.15, 0.2) is 0 Å². The molecule has 0 aromatic heterocycles. The summed E-state index contributed by atoms with van der Waals surface area (Å²) in [6.45, 7) is 7.45. The van der Waals surface area contributed by atoms with Crippen molar-refractivity contribution < 1.29 is 9.53 Å². The van der Waals surface area contributed by atoms with Crippen molar-refractivity contribution in [1.82, 2.24) is 0 Å². The standard InChI is InChI=1S/C16H26O2/c1-11(2)16(17)18-12(3)14-10-6-8-13-7-4-5-9-15(13)14/h12-15H,1,4-10H2,2-3H3. The van der Waals surface area contributed by atoms with Gasteiger partial charge >= 0.3 is 5.97 Å². The van der Waals surface area contributed by atoms with Gasteiger partial charge in [0.25, 0.3) is 0 Å². The molecule has 4 atom stereocenters. The molecule has 0 radical (unpaired) electrons. The summed E-state index contributed by atoms with van der Waals surface area (Å²) in [5, 5.41) is 0. The second-order valence-electron chi connectivity index (χ2n) is 6.19. The molecule has 0 aromatic carbocycles. The molecular formula is C16H26O2. The van der Waals surface area contributed by atoms with Crippen LogP contribution in [0.15, 0.2) is 12.2 Å². The minimum atomic E-state index is -0.222. The lowest BCUT2D eigenvalue weighted by Crippen LogP contribution is -2.38. The zero-order valence-electron chi connectivity index (χ0n) is 11.8. The van der Waals surface area contributed by atoms with Crippen molar-refractivity contribution in [3.8, 4) is 0 Å². The number of ether oxygens (including phenoxy) is 1. The Morgan fingerprint density at radius 2 is 1.83 bits per heavy atom. The highest BCUT2D eigenvalue weighted by Gasteiger charge is 2.38. The lowest BCUT2D eigenvalue weighted by Gasteiger charge is -2.43. The number of carbonyl (C=O) groups excluding carboxylic acids is 1. The summed E-state index contributed by atoms with van der Waals surface area (Å²) in [4.78, 5) is 11.6. The van der Waals surface area contributed by atoms with Crippen LogP contribution < -0.4 is 0 Å². The van der Waals surface area contributed by atoms with Crippen LogP contribution in [-0.2, 0) is 9.53 Å². The van der Waals surface area contributed by atoms with Crippen LogP contribution in [0.3, 0.4) is 0 Å². The molecule has 0 bridgehead atoms. The van der Waals surface area contributed by atoms with Gasteiger partial charge in [-0.15, -0.1) is 0 Å².